The number of ketones is 1. The molecule has 152 valence electrons. The lowest BCUT2D eigenvalue weighted by atomic mass is 10.0. The molecule has 1 heterocycles. The highest BCUT2D eigenvalue weighted by Crippen LogP contribution is 2.34. The van der Waals surface area contributed by atoms with Gasteiger partial charge in [0.1, 0.15) is 0 Å². The van der Waals surface area contributed by atoms with Gasteiger partial charge in [0.25, 0.3) is 0 Å². The van der Waals surface area contributed by atoms with Gasteiger partial charge in [-0.25, -0.2) is 13.2 Å². The van der Waals surface area contributed by atoms with E-state index in [2.05, 4.69) is 0 Å². The Morgan fingerprint density at radius 2 is 1.72 bits per heavy atom. The molecule has 1 atom stereocenters. The van der Waals surface area contributed by atoms with Gasteiger partial charge in [-0.3, -0.25) is 9.10 Å². The number of carbonyl (C=O) groups is 2. The maximum absolute atomic E-state index is 12.4. The van der Waals surface area contributed by atoms with Crippen molar-refractivity contribution in [1.82, 2.24) is 0 Å². The van der Waals surface area contributed by atoms with E-state index >= 15 is 0 Å². The number of anilines is 1. The molecule has 0 saturated heterocycles. The number of ether oxygens (including phenoxy) is 1. The Kier molecular flexibility index (Phi) is 4.94. The van der Waals surface area contributed by atoms with Crippen molar-refractivity contribution in [3.05, 3.63) is 64.2 Å². The molecule has 4 rings (SSSR count). The molecule has 0 N–H and O–H groups in total. The van der Waals surface area contributed by atoms with E-state index in [4.69, 9.17) is 4.74 Å². The van der Waals surface area contributed by atoms with Crippen LogP contribution in [0.25, 0.3) is 0 Å². The van der Waals surface area contributed by atoms with E-state index in [9.17, 15) is 18.0 Å². The summed E-state index contributed by atoms with van der Waals surface area (Å²) in [6.07, 6.45) is 4.83. The fraction of sp³-hybridized carbons (Fsp3) is 0.364. The number of esters is 1. The quantitative estimate of drug-likeness (QED) is 0.556. The average molecular weight is 413 g/mol. The number of Topliss-reactive ketones (excluding diaryl/α,β-unsaturated/α-hetero) is 1. The number of benzene rings is 2. The molecular weight excluding hydrogens is 390 g/mol. The number of carbonyl (C=O) groups excluding carboxylic acids is 2. The van der Waals surface area contributed by atoms with E-state index in [0.717, 1.165) is 24.8 Å². The molecule has 0 radical (unpaired) electrons. The minimum Gasteiger partial charge on any atom is -0.454 e. The summed E-state index contributed by atoms with van der Waals surface area (Å²) in [4.78, 5) is 24.8. The van der Waals surface area contributed by atoms with Crippen molar-refractivity contribution in [3.63, 3.8) is 0 Å². The maximum atomic E-state index is 12.4. The molecule has 0 fully saturated rings. The molecule has 29 heavy (non-hydrogen) atoms. The summed E-state index contributed by atoms with van der Waals surface area (Å²) in [6.45, 7) is 1.51. The molecule has 0 bridgehead atoms. The number of hydrogen-bond acceptors (Lipinski definition) is 5. The summed E-state index contributed by atoms with van der Waals surface area (Å²) in [5, 5.41) is 0. The van der Waals surface area contributed by atoms with Crippen LogP contribution < -0.4 is 4.31 Å². The molecule has 6 nitrogen and oxygen atoms in total. The van der Waals surface area contributed by atoms with Gasteiger partial charge >= 0.3 is 5.97 Å². The van der Waals surface area contributed by atoms with Gasteiger partial charge in [-0.2, -0.15) is 0 Å². The van der Waals surface area contributed by atoms with Crippen LogP contribution in [0.5, 0.6) is 0 Å². The first-order valence-electron chi connectivity index (χ1n) is 9.68. The summed E-state index contributed by atoms with van der Waals surface area (Å²) in [7, 11) is -3.38. The zero-order valence-electron chi connectivity index (χ0n) is 16.5. The zero-order valence-corrected chi connectivity index (χ0v) is 17.3. The lowest BCUT2D eigenvalue weighted by Gasteiger charge is -2.21. The highest BCUT2D eigenvalue weighted by atomic mass is 32.2. The first-order valence-corrected chi connectivity index (χ1v) is 11.5. The number of fused-ring (bicyclic) bond motifs is 2. The molecule has 1 aliphatic carbocycles. The molecule has 0 aromatic heterocycles. The first-order chi connectivity index (χ1) is 13.7. The molecule has 0 amide bonds. The van der Waals surface area contributed by atoms with Crippen molar-refractivity contribution in [2.45, 2.75) is 38.6 Å². The fourth-order valence-electron chi connectivity index (χ4n) is 4.28. The lowest BCUT2D eigenvalue weighted by Crippen LogP contribution is -2.34. The molecular formula is C22H23NO5S. The minimum atomic E-state index is -3.38. The molecule has 2 aliphatic rings. The van der Waals surface area contributed by atoms with Crippen molar-refractivity contribution in [2.75, 3.05) is 17.2 Å². The smallest absolute Gasteiger partial charge is 0.338 e. The average Bonchev–Trinajstić information content (AvgIpc) is 3.26. The van der Waals surface area contributed by atoms with Gasteiger partial charge < -0.3 is 4.74 Å². The molecule has 7 heteroatoms. The number of hydrogen-bond donors (Lipinski definition) is 0. The number of aryl methyl sites for hydroxylation is 2. The summed E-state index contributed by atoms with van der Waals surface area (Å²) in [5.74, 6) is -0.821. The third-order valence-corrected chi connectivity index (χ3v) is 6.85. The summed E-state index contributed by atoms with van der Waals surface area (Å²) in [6, 6.07) is 10.3. The van der Waals surface area contributed by atoms with E-state index in [1.165, 1.54) is 27.8 Å². The van der Waals surface area contributed by atoms with Crippen LogP contribution in [0, 0.1) is 0 Å². The van der Waals surface area contributed by atoms with Crippen LogP contribution in [-0.4, -0.2) is 39.1 Å². The number of sulfonamides is 1. The van der Waals surface area contributed by atoms with Gasteiger partial charge in [-0.15, -0.1) is 0 Å². The number of nitrogens with zero attached hydrogens (tertiary/aromatic N) is 1. The van der Waals surface area contributed by atoms with Crippen molar-refractivity contribution in [3.8, 4) is 0 Å². The largest absolute Gasteiger partial charge is 0.454 e. The van der Waals surface area contributed by atoms with Crippen molar-refractivity contribution < 1.29 is 22.7 Å². The third kappa shape index (κ3) is 3.79. The predicted molar refractivity (Wildman–Crippen MR) is 110 cm³/mol. The maximum Gasteiger partial charge on any atom is 0.338 e. The van der Waals surface area contributed by atoms with Gasteiger partial charge in [0.05, 0.1) is 17.5 Å². The van der Waals surface area contributed by atoms with Crippen LogP contribution >= 0.6 is 0 Å². The zero-order chi connectivity index (χ0) is 20.8. The van der Waals surface area contributed by atoms with Crippen LogP contribution in [0.1, 0.15) is 50.8 Å². The Hall–Kier alpha value is -2.67. The minimum absolute atomic E-state index is 0.201. The van der Waals surface area contributed by atoms with Crippen molar-refractivity contribution in [1.29, 1.82) is 0 Å². The summed E-state index contributed by atoms with van der Waals surface area (Å²) < 4.78 is 30.6. The monoisotopic (exact) mass is 413 g/mol. The standard InChI is InChI=1S/C22H23NO5S/c1-14-10-19-12-18(8-9-20(19)23(14)29(2,26)27)22(25)28-13-21(24)17-7-6-15-4-3-5-16(15)11-17/h6-9,11-12,14H,3-5,10,13H2,1-2H3. The Morgan fingerprint density at radius 1 is 1.03 bits per heavy atom. The highest BCUT2D eigenvalue weighted by Gasteiger charge is 2.33. The van der Waals surface area contributed by atoms with Gasteiger partial charge in [0, 0.05) is 11.6 Å². The van der Waals surface area contributed by atoms with E-state index in [1.807, 2.05) is 19.1 Å². The molecule has 1 unspecified atom stereocenters. The van der Waals surface area contributed by atoms with Crippen molar-refractivity contribution in [2.24, 2.45) is 0 Å². The molecule has 2 aromatic rings. The number of rotatable bonds is 5. The summed E-state index contributed by atoms with van der Waals surface area (Å²) in [5.41, 5.74) is 4.73. The summed E-state index contributed by atoms with van der Waals surface area (Å²) >= 11 is 0. The normalized spacial score (nSPS) is 17.7. The Bertz CT molecular complexity index is 1110. The second kappa shape index (κ2) is 7.30. The van der Waals surface area contributed by atoms with Crippen LogP contribution in [0.2, 0.25) is 0 Å². The van der Waals surface area contributed by atoms with Gasteiger partial charge in [0.15, 0.2) is 12.4 Å². The lowest BCUT2D eigenvalue weighted by molar-refractivity contribution is 0.0474. The second-order valence-corrected chi connectivity index (χ2v) is 9.65. The van der Waals surface area contributed by atoms with Gasteiger partial charge in [-0.05, 0) is 73.6 Å². The molecule has 1 aliphatic heterocycles. The Balaban J connectivity index is 1.44. The fourth-order valence-corrected chi connectivity index (χ4v) is 5.54. The topological polar surface area (TPSA) is 80.8 Å². The van der Waals surface area contributed by atoms with Crippen LogP contribution in [0.15, 0.2) is 36.4 Å². The Morgan fingerprint density at radius 3 is 2.48 bits per heavy atom. The van der Waals surface area contributed by atoms with E-state index < -0.39 is 16.0 Å². The van der Waals surface area contributed by atoms with Crippen LogP contribution in [0.4, 0.5) is 5.69 Å². The van der Waals surface area contributed by atoms with E-state index in [-0.39, 0.29) is 18.4 Å². The van der Waals surface area contributed by atoms with Crippen LogP contribution in [0.3, 0.4) is 0 Å². The SMILES string of the molecule is CC1Cc2cc(C(=O)OCC(=O)c3ccc4c(c3)CCC4)ccc2N1S(C)(=O)=O. The Labute approximate surface area is 170 Å². The first kappa shape index (κ1) is 19.6. The van der Waals surface area contributed by atoms with E-state index in [0.29, 0.717) is 23.2 Å². The van der Waals surface area contributed by atoms with E-state index in [1.54, 1.807) is 18.2 Å². The second-order valence-electron chi connectivity index (χ2n) is 7.79. The molecule has 0 saturated carbocycles. The molecule has 0 spiro atoms. The van der Waals surface area contributed by atoms with Crippen molar-refractivity contribution >= 4 is 27.5 Å². The third-order valence-electron chi connectivity index (χ3n) is 5.58. The predicted octanol–water partition coefficient (Wildman–Crippen LogP) is 2.93. The van der Waals surface area contributed by atoms with Gasteiger partial charge in [-0.1, -0.05) is 12.1 Å². The molecule has 2 aromatic carbocycles. The van der Waals surface area contributed by atoms with Crippen LogP contribution in [-0.2, 0) is 34.0 Å². The highest BCUT2D eigenvalue weighted by molar-refractivity contribution is 7.92. The van der Waals surface area contributed by atoms with Gasteiger partial charge in [0.2, 0.25) is 10.0 Å².